The van der Waals surface area contributed by atoms with E-state index in [-0.39, 0.29) is 12.2 Å². The molecule has 3 heterocycles. The van der Waals surface area contributed by atoms with Gasteiger partial charge in [-0.2, -0.15) is 0 Å². The Morgan fingerprint density at radius 3 is 2.28 bits per heavy atom. The summed E-state index contributed by atoms with van der Waals surface area (Å²) in [6.45, 7) is 4.10. The van der Waals surface area contributed by atoms with E-state index in [0.717, 1.165) is 12.3 Å². The van der Waals surface area contributed by atoms with E-state index in [9.17, 15) is 0 Å². The molecule has 2 aromatic rings. The highest BCUT2D eigenvalue weighted by atomic mass is 31.1. The van der Waals surface area contributed by atoms with Gasteiger partial charge >= 0.3 is 0 Å². The standard InChI is InChI=1S/C25H26O2P2/c1-25(2)26-22-18-29(20-13-7-4-8-14-20)23-15-9-10-16-28(17-21(23)24(22)27-25)19-11-5-3-6-12-19/h3-16,22,24H,17-18H2,1-2H3/b15-9-,16-10-/t22-,24+,28?,29?/m0/s1. The van der Waals surface area contributed by atoms with Gasteiger partial charge in [0.25, 0.3) is 0 Å². The van der Waals surface area contributed by atoms with Crippen LogP contribution in [0.1, 0.15) is 13.8 Å². The van der Waals surface area contributed by atoms with Gasteiger partial charge in [0.1, 0.15) is 6.10 Å². The van der Waals surface area contributed by atoms with Gasteiger partial charge in [-0.15, -0.1) is 0 Å². The van der Waals surface area contributed by atoms with Gasteiger partial charge in [-0.3, -0.25) is 0 Å². The van der Waals surface area contributed by atoms with Gasteiger partial charge in [-0.05, 0) is 57.3 Å². The van der Waals surface area contributed by atoms with Crippen molar-refractivity contribution in [2.24, 2.45) is 0 Å². The van der Waals surface area contributed by atoms with E-state index in [4.69, 9.17) is 9.47 Å². The molecule has 0 radical (unpaired) electrons. The Labute approximate surface area is 175 Å². The van der Waals surface area contributed by atoms with Gasteiger partial charge < -0.3 is 9.47 Å². The first-order valence-electron chi connectivity index (χ1n) is 10.2. The zero-order chi connectivity index (χ0) is 19.8. The lowest BCUT2D eigenvalue weighted by Crippen LogP contribution is -2.35. The quantitative estimate of drug-likeness (QED) is 0.600. The van der Waals surface area contributed by atoms with Crippen LogP contribution in [0.4, 0.5) is 0 Å². The van der Waals surface area contributed by atoms with Gasteiger partial charge in [0.05, 0.1) is 6.10 Å². The second-order valence-corrected chi connectivity index (χ2v) is 12.4. The van der Waals surface area contributed by atoms with Crippen LogP contribution in [-0.2, 0) is 9.47 Å². The van der Waals surface area contributed by atoms with E-state index in [1.54, 1.807) is 0 Å². The summed E-state index contributed by atoms with van der Waals surface area (Å²) in [7, 11) is -0.861. The molecule has 2 aromatic carbocycles. The summed E-state index contributed by atoms with van der Waals surface area (Å²) in [5, 5.41) is 4.34. The molecule has 2 unspecified atom stereocenters. The minimum atomic E-state index is -0.521. The third-order valence-corrected chi connectivity index (χ3v) is 10.5. The van der Waals surface area contributed by atoms with Crippen molar-refractivity contribution in [3.05, 3.63) is 95.6 Å². The predicted octanol–water partition coefficient (Wildman–Crippen LogP) is 5.47. The monoisotopic (exact) mass is 420 g/mol. The summed E-state index contributed by atoms with van der Waals surface area (Å²) >= 11 is 0. The molecule has 0 bridgehead atoms. The van der Waals surface area contributed by atoms with Crippen molar-refractivity contribution < 1.29 is 9.47 Å². The highest BCUT2D eigenvalue weighted by Gasteiger charge is 2.48. The molecule has 4 heteroatoms. The minimum Gasteiger partial charge on any atom is -0.344 e. The molecule has 148 valence electrons. The van der Waals surface area contributed by atoms with Crippen LogP contribution in [0.5, 0.6) is 0 Å². The minimum absolute atomic E-state index is 0.0623. The van der Waals surface area contributed by atoms with Crippen LogP contribution in [0.3, 0.4) is 0 Å². The smallest absolute Gasteiger partial charge is 0.164 e. The maximum absolute atomic E-state index is 6.47. The van der Waals surface area contributed by atoms with Gasteiger partial charge in [0, 0.05) is 6.16 Å². The maximum Gasteiger partial charge on any atom is 0.164 e. The molecule has 0 aromatic heterocycles. The molecule has 0 aliphatic carbocycles. The highest BCUT2D eigenvalue weighted by Crippen LogP contribution is 2.57. The summed E-state index contributed by atoms with van der Waals surface area (Å²) in [6.07, 6.45) is 9.08. The molecule has 0 N–H and O–H groups in total. The number of fused-ring (bicyclic) bond motifs is 2. The summed E-state index contributed by atoms with van der Waals surface area (Å²) in [5.41, 5.74) is 1.46. The van der Waals surface area contributed by atoms with Crippen LogP contribution in [0.15, 0.2) is 95.6 Å². The van der Waals surface area contributed by atoms with Crippen LogP contribution in [0.25, 0.3) is 0 Å². The third kappa shape index (κ3) is 3.92. The number of benzene rings is 2. The average Bonchev–Trinajstić information content (AvgIpc) is 3.03. The van der Waals surface area contributed by atoms with Crippen LogP contribution >= 0.6 is 15.8 Å². The third-order valence-electron chi connectivity index (χ3n) is 5.64. The average molecular weight is 420 g/mol. The molecule has 0 spiro atoms. The Kier molecular flexibility index (Phi) is 5.31. The van der Waals surface area contributed by atoms with Crippen molar-refractivity contribution in [2.75, 3.05) is 12.3 Å². The molecule has 3 aliphatic heterocycles. The van der Waals surface area contributed by atoms with E-state index >= 15 is 0 Å². The summed E-state index contributed by atoms with van der Waals surface area (Å²) in [5.74, 6) is 1.87. The largest absolute Gasteiger partial charge is 0.344 e. The van der Waals surface area contributed by atoms with E-state index < -0.39 is 21.6 Å². The van der Waals surface area contributed by atoms with Crippen molar-refractivity contribution in [1.29, 1.82) is 0 Å². The number of hydrogen-bond acceptors (Lipinski definition) is 2. The first-order chi connectivity index (χ1) is 14.1. The van der Waals surface area contributed by atoms with Crippen molar-refractivity contribution >= 4 is 26.5 Å². The van der Waals surface area contributed by atoms with Crippen molar-refractivity contribution in [1.82, 2.24) is 0 Å². The van der Waals surface area contributed by atoms with Gasteiger partial charge in [-0.25, -0.2) is 0 Å². The number of allylic oxidation sites excluding steroid dienone is 4. The van der Waals surface area contributed by atoms with Crippen molar-refractivity contribution in [3.63, 3.8) is 0 Å². The predicted molar refractivity (Wildman–Crippen MR) is 125 cm³/mol. The summed E-state index contributed by atoms with van der Waals surface area (Å²) in [4.78, 5) is 0. The number of hydrogen-bond donors (Lipinski definition) is 0. The van der Waals surface area contributed by atoms with E-state index in [2.05, 4.69) is 98.6 Å². The first-order valence-corrected chi connectivity index (χ1v) is 13.3. The Balaban J connectivity index is 1.61. The maximum atomic E-state index is 6.47. The normalized spacial score (nSPS) is 32.6. The molecule has 1 fully saturated rings. The SMILES string of the molecule is CC1(C)O[C@H]2CP(c3ccccc3)C3=C(CP(c4ccccc4)/C=C\C=C/3)[C@H]2O1. The number of ether oxygens (including phenoxy) is 2. The lowest BCUT2D eigenvalue weighted by Gasteiger charge is -2.36. The van der Waals surface area contributed by atoms with Crippen molar-refractivity contribution in [2.45, 2.75) is 31.8 Å². The van der Waals surface area contributed by atoms with Crippen LogP contribution < -0.4 is 10.6 Å². The van der Waals surface area contributed by atoms with Crippen LogP contribution in [0, 0.1) is 0 Å². The Morgan fingerprint density at radius 2 is 1.55 bits per heavy atom. The second-order valence-electron chi connectivity index (χ2n) is 8.12. The van der Waals surface area contributed by atoms with E-state index in [1.807, 2.05) is 0 Å². The zero-order valence-corrected chi connectivity index (χ0v) is 18.7. The molecule has 0 saturated carbocycles. The van der Waals surface area contributed by atoms with Crippen LogP contribution in [-0.4, -0.2) is 30.3 Å². The van der Waals surface area contributed by atoms with Gasteiger partial charge in [-0.1, -0.05) is 84.7 Å². The number of rotatable bonds is 2. The molecule has 2 nitrogen and oxygen atoms in total. The summed E-state index contributed by atoms with van der Waals surface area (Å²) < 4.78 is 12.9. The fourth-order valence-electron chi connectivity index (χ4n) is 4.42. The highest BCUT2D eigenvalue weighted by molar-refractivity contribution is 7.70. The molecule has 4 atom stereocenters. The first kappa shape index (κ1) is 19.4. The van der Waals surface area contributed by atoms with Crippen LogP contribution in [0.2, 0.25) is 0 Å². The topological polar surface area (TPSA) is 18.5 Å². The molecule has 3 aliphatic rings. The fraction of sp³-hybridized carbons (Fsp3) is 0.280. The Bertz CT molecular complexity index is 963. The van der Waals surface area contributed by atoms with Gasteiger partial charge in [0.15, 0.2) is 5.79 Å². The lowest BCUT2D eigenvalue weighted by atomic mass is 10.1. The Morgan fingerprint density at radius 1 is 0.862 bits per heavy atom. The molecule has 29 heavy (non-hydrogen) atoms. The molecule has 1 saturated heterocycles. The van der Waals surface area contributed by atoms with E-state index in [1.165, 1.54) is 21.5 Å². The second kappa shape index (κ2) is 7.93. The van der Waals surface area contributed by atoms with Crippen molar-refractivity contribution in [3.8, 4) is 0 Å². The summed E-state index contributed by atoms with van der Waals surface area (Å²) in [6, 6.07) is 21.9. The molecule has 5 rings (SSSR count). The fourth-order valence-corrected chi connectivity index (χ4v) is 9.24. The zero-order valence-electron chi connectivity index (χ0n) is 16.9. The molecular weight excluding hydrogens is 394 g/mol. The van der Waals surface area contributed by atoms with E-state index in [0.29, 0.717) is 0 Å². The van der Waals surface area contributed by atoms with Gasteiger partial charge in [0.2, 0.25) is 0 Å². The molecular formula is C25H26O2P2. The Hall–Kier alpha value is -1.56. The lowest BCUT2D eigenvalue weighted by molar-refractivity contribution is -0.141. The molecule has 0 amide bonds.